The first-order valence-electron chi connectivity index (χ1n) is 4.73. The molecule has 0 unspecified atom stereocenters. The molecule has 2 N–H and O–H groups in total. The largest absolute Gasteiger partial charge is 0.469 e. The molecule has 6 heteroatoms. The molecule has 0 aliphatic carbocycles. The van der Waals surface area contributed by atoms with E-state index in [1.165, 1.54) is 0 Å². The van der Waals surface area contributed by atoms with E-state index in [4.69, 9.17) is 9.79 Å². The Hall–Kier alpha value is -1.00. The normalized spacial score (nSPS) is 11.4. The summed E-state index contributed by atoms with van der Waals surface area (Å²) in [4.78, 5) is 28.2. The van der Waals surface area contributed by atoms with Gasteiger partial charge in [0.25, 0.3) is 0 Å². The molecule has 0 saturated carbocycles. The van der Waals surface area contributed by atoms with Crippen molar-refractivity contribution in [1.82, 2.24) is 0 Å². The van der Waals surface area contributed by atoms with Gasteiger partial charge in [0.1, 0.15) is 5.78 Å². The van der Waals surface area contributed by atoms with Gasteiger partial charge in [-0.2, -0.15) is 0 Å². The van der Waals surface area contributed by atoms with Crippen LogP contribution in [0.1, 0.15) is 12.0 Å². The molecular weight excluding hydrogens is 231 g/mol. The minimum atomic E-state index is -4.46. The lowest BCUT2D eigenvalue weighted by atomic mass is 10.1. The predicted octanol–water partition coefficient (Wildman–Crippen LogP) is 1.30. The van der Waals surface area contributed by atoms with Crippen molar-refractivity contribution in [3.63, 3.8) is 0 Å². The summed E-state index contributed by atoms with van der Waals surface area (Å²) in [5.41, 5.74) is 0.878. The molecular formula is C10H13O5P. The van der Waals surface area contributed by atoms with Crippen LogP contribution >= 0.6 is 7.82 Å². The summed E-state index contributed by atoms with van der Waals surface area (Å²) in [6, 6.07) is 9.15. The standard InChI is InChI=1S/C10H13O5P/c11-10(6-7-15-16(12,13)14)8-9-4-2-1-3-5-9/h1-5H,6-8H2,(H2,12,13,14). The molecule has 0 radical (unpaired) electrons. The van der Waals surface area contributed by atoms with E-state index in [1.807, 2.05) is 30.3 Å². The molecule has 0 aliphatic rings. The molecule has 1 aromatic carbocycles. The maximum atomic E-state index is 11.4. The third-order valence-electron chi connectivity index (χ3n) is 1.88. The Kier molecular flexibility index (Phi) is 4.83. The van der Waals surface area contributed by atoms with Gasteiger partial charge in [0.15, 0.2) is 0 Å². The fourth-order valence-electron chi connectivity index (χ4n) is 1.19. The van der Waals surface area contributed by atoms with Gasteiger partial charge in [0, 0.05) is 12.8 Å². The third-order valence-corrected chi connectivity index (χ3v) is 2.40. The Morgan fingerprint density at radius 3 is 2.44 bits per heavy atom. The number of ketones is 1. The van der Waals surface area contributed by atoms with Crippen molar-refractivity contribution in [3.8, 4) is 0 Å². The highest BCUT2D eigenvalue weighted by molar-refractivity contribution is 7.46. The molecule has 0 saturated heterocycles. The van der Waals surface area contributed by atoms with Gasteiger partial charge in [-0.3, -0.25) is 9.32 Å². The number of rotatable bonds is 6. The summed E-state index contributed by atoms with van der Waals surface area (Å²) in [7, 11) is -4.46. The van der Waals surface area contributed by atoms with Crippen LogP contribution in [0.2, 0.25) is 0 Å². The first-order chi connectivity index (χ1) is 7.47. The number of carbonyl (C=O) groups excluding carboxylic acids is 1. The number of hydrogen-bond acceptors (Lipinski definition) is 3. The Balaban J connectivity index is 2.30. The number of carbonyl (C=O) groups is 1. The molecule has 0 atom stereocenters. The van der Waals surface area contributed by atoms with Crippen molar-refractivity contribution in [1.29, 1.82) is 0 Å². The van der Waals surface area contributed by atoms with Crippen LogP contribution in [0, 0.1) is 0 Å². The zero-order valence-corrected chi connectivity index (χ0v) is 9.47. The third kappa shape index (κ3) is 5.78. The molecule has 0 heterocycles. The van der Waals surface area contributed by atoms with E-state index in [-0.39, 0.29) is 25.2 Å². The average molecular weight is 244 g/mol. The molecule has 0 fully saturated rings. The first-order valence-corrected chi connectivity index (χ1v) is 6.26. The van der Waals surface area contributed by atoms with Gasteiger partial charge in [-0.1, -0.05) is 30.3 Å². The van der Waals surface area contributed by atoms with E-state index in [0.717, 1.165) is 5.56 Å². The summed E-state index contributed by atoms with van der Waals surface area (Å²) in [5, 5.41) is 0. The summed E-state index contributed by atoms with van der Waals surface area (Å²) < 4.78 is 14.5. The zero-order chi connectivity index (χ0) is 12.0. The lowest BCUT2D eigenvalue weighted by Crippen LogP contribution is -2.06. The highest BCUT2D eigenvalue weighted by Gasteiger charge is 2.14. The molecule has 0 aromatic heterocycles. The second-order valence-corrected chi connectivity index (χ2v) is 4.51. The van der Waals surface area contributed by atoms with Gasteiger partial charge in [0.2, 0.25) is 0 Å². The van der Waals surface area contributed by atoms with Gasteiger partial charge in [-0.05, 0) is 5.56 Å². The van der Waals surface area contributed by atoms with Crippen LogP contribution in [0.4, 0.5) is 0 Å². The van der Waals surface area contributed by atoms with E-state index >= 15 is 0 Å². The van der Waals surface area contributed by atoms with E-state index in [2.05, 4.69) is 4.52 Å². The summed E-state index contributed by atoms with van der Waals surface area (Å²) >= 11 is 0. The van der Waals surface area contributed by atoms with Crippen LogP contribution in [-0.4, -0.2) is 22.2 Å². The Labute approximate surface area is 93.3 Å². The monoisotopic (exact) mass is 244 g/mol. The smallest absolute Gasteiger partial charge is 0.303 e. The van der Waals surface area contributed by atoms with Crippen LogP contribution in [0.5, 0.6) is 0 Å². The maximum Gasteiger partial charge on any atom is 0.469 e. The fourth-order valence-corrected chi connectivity index (χ4v) is 1.52. The SMILES string of the molecule is O=C(CCOP(=O)(O)O)Cc1ccccc1. The van der Waals surface area contributed by atoms with E-state index < -0.39 is 7.82 Å². The fraction of sp³-hybridized carbons (Fsp3) is 0.300. The number of phosphoric acid groups is 1. The maximum absolute atomic E-state index is 11.4. The molecule has 5 nitrogen and oxygen atoms in total. The van der Waals surface area contributed by atoms with Crippen LogP contribution < -0.4 is 0 Å². The second kappa shape index (κ2) is 5.92. The van der Waals surface area contributed by atoms with Crippen molar-refractivity contribution >= 4 is 13.6 Å². The molecule has 1 aromatic rings. The molecule has 0 aliphatic heterocycles. The topological polar surface area (TPSA) is 83.8 Å². The van der Waals surface area contributed by atoms with Crippen LogP contribution in [0.3, 0.4) is 0 Å². The minimum absolute atomic E-state index is 0.00000425. The van der Waals surface area contributed by atoms with Gasteiger partial charge in [0.05, 0.1) is 6.61 Å². The van der Waals surface area contributed by atoms with Crippen molar-refractivity contribution in [2.45, 2.75) is 12.8 Å². The molecule has 88 valence electrons. The molecule has 1 rings (SSSR count). The van der Waals surface area contributed by atoms with Gasteiger partial charge < -0.3 is 9.79 Å². The summed E-state index contributed by atoms with van der Waals surface area (Å²) in [6.07, 6.45) is 0.255. The van der Waals surface area contributed by atoms with Crippen LogP contribution in [-0.2, 0) is 20.3 Å². The highest BCUT2D eigenvalue weighted by Crippen LogP contribution is 2.35. The minimum Gasteiger partial charge on any atom is -0.303 e. The molecule has 16 heavy (non-hydrogen) atoms. The van der Waals surface area contributed by atoms with Crippen LogP contribution in [0.25, 0.3) is 0 Å². The van der Waals surface area contributed by atoms with Gasteiger partial charge in [-0.15, -0.1) is 0 Å². The van der Waals surface area contributed by atoms with Gasteiger partial charge >= 0.3 is 7.82 Å². The lowest BCUT2D eigenvalue weighted by molar-refractivity contribution is -0.118. The number of Topliss-reactive ketones (excluding diaryl/α,β-unsaturated/α-hetero) is 1. The Morgan fingerprint density at radius 2 is 1.88 bits per heavy atom. The summed E-state index contributed by atoms with van der Waals surface area (Å²) in [5.74, 6) is -0.111. The van der Waals surface area contributed by atoms with E-state index in [9.17, 15) is 9.36 Å². The highest BCUT2D eigenvalue weighted by atomic mass is 31.2. The summed E-state index contributed by atoms with van der Waals surface area (Å²) in [6.45, 7) is -0.254. The second-order valence-electron chi connectivity index (χ2n) is 3.27. The Bertz CT molecular complexity index is 383. The molecule has 0 amide bonds. The number of phosphoric ester groups is 1. The number of hydrogen-bond donors (Lipinski definition) is 2. The molecule has 0 bridgehead atoms. The van der Waals surface area contributed by atoms with Crippen molar-refractivity contribution in [2.75, 3.05) is 6.61 Å². The first kappa shape index (κ1) is 13.1. The van der Waals surface area contributed by atoms with E-state index in [1.54, 1.807) is 0 Å². The van der Waals surface area contributed by atoms with Crippen molar-refractivity contribution in [3.05, 3.63) is 35.9 Å². The molecule has 0 spiro atoms. The van der Waals surface area contributed by atoms with Crippen molar-refractivity contribution in [2.24, 2.45) is 0 Å². The van der Waals surface area contributed by atoms with Gasteiger partial charge in [-0.25, -0.2) is 4.57 Å². The average Bonchev–Trinajstić information content (AvgIpc) is 2.17. The quantitative estimate of drug-likeness (QED) is 0.737. The zero-order valence-electron chi connectivity index (χ0n) is 8.57. The number of benzene rings is 1. The van der Waals surface area contributed by atoms with E-state index in [0.29, 0.717) is 0 Å². The van der Waals surface area contributed by atoms with Crippen molar-refractivity contribution < 1.29 is 23.7 Å². The predicted molar refractivity (Wildman–Crippen MR) is 57.8 cm³/mol. The lowest BCUT2D eigenvalue weighted by Gasteiger charge is -2.04. The van der Waals surface area contributed by atoms with Crippen LogP contribution in [0.15, 0.2) is 30.3 Å². The Morgan fingerprint density at radius 1 is 1.25 bits per heavy atom.